The molecule has 2 heterocycles. The third-order valence-corrected chi connectivity index (χ3v) is 4.67. The smallest absolute Gasteiger partial charge is 0.232 e. The van der Waals surface area contributed by atoms with Crippen LogP contribution in [-0.4, -0.2) is 55.8 Å². The number of nitrogens with zero attached hydrogens (tertiary/aromatic N) is 5. The van der Waals surface area contributed by atoms with Crippen molar-refractivity contribution >= 4 is 23.6 Å². The molecule has 1 aliphatic heterocycles. The van der Waals surface area contributed by atoms with Crippen molar-refractivity contribution in [2.75, 3.05) is 18.8 Å². The summed E-state index contributed by atoms with van der Waals surface area (Å²) in [7, 11) is 0. The molecular formula is C13H22N6O2S. The molecular weight excluding hydrogens is 304 g/mol. The largest absolute Gasteiger partial charge is 0.369 e. The van der Waals surface area contributed by atoms with Gasteiger partial charge in [-0.2, -0.15) is 0 Å². The van der Waals surface area contributed by atoms with E-state index in [-0.39, 0.29) is 23.8 Å². The van der Waals surface area contributed by atoms with Crippen molar-refractivity contribution in [2.24, 2.45) is 11.7 Å². The van der Waals surface area contributed by atoms with E-state index in [1.165, 1.54) is 11.8 Å². The van der Waals surface area contributed by atoms with E-state index < -0.39 is 0 Å². The number of carbonyl (C=O) groups excluding carboxylic acids is 2. The first-order valence-electron chi connectivity index (χ1n) is 7.40. The summed E-state index contributed by atoms with van der Waals surface area (Å²) in [5, 5.41) is 11.6. The lowest BCUT2D eigenvalue weighted by Gasteiger charge is -2.30. The van der Waals surface area contributed by atoms with Gasteiger partial charge in [-0.25, -0.2) is 4.68 Å². The van der Waals surface area contributed by atoms with Gasteiger partial charge in [0.25, 0.3) is 0 Å². The van der Waals surface area contributed by atoms with E-state index in [9.17, 15) is 9.59 Å². The zero-order chi connectivity index (χ0) is 16.1. The number of thioether (sulfide) groups is 1. The van der Waals surface area contributed by atoms with Crippen LogP contribution in [0.15, 0.2) is 0 Å². The lowest BCUT2D eigenvalue weighted by atomic mass is 9.96. The molecule has 22 heavy (non-hydrogen) atoms. The molecule has 0 aromatic carbocycles. The average Bonchev–Trinajstić information content (AvgIpc) is 2.96. The highest BCUT2D eigenvalue weighted by Crippen LogP contribution is 2.18. The van der Waals surface area contributed by atoms with Crippen LogP contribution in [0.3, 0.4) is 0 Å². The first kappa shape index (κ1) is 16.7. The van der Waals surface area contributed by atoms with Crippen LogP contribution in [0.5, 0.6) is 0 Å². The standard InChI is InChI=1S/C13H22N6O2S/c1-9(2)19-11(15-16-17-19)7-22-8-12(20)18-5-3-10(4-6-18)13(14)21/h9-10H,3-8H2,1-2H3,(H2,14,21). The van der Waals surface area contributed by atoms with Gasteiger partial charge < -0.3 is 10.6 Å². The maximum Gasteiger partial charge on any atom is 0.232 e. The van der Waals surface area contributed by atoms with Gasteiger partial charge >= 0.3 is 0 Å². The minimum atomic E-state index is -0.262. The molecule has 1 aromatic heterocycles. The molecule has 0 atom stereocenters. The fraction of sp³-hybridized carbons (Fsp3) is 0.769. The molecule has 2 N–H and O–H groups in total. The van der Waals surface area contributed by atoms with E-state index in [2.05, 4.69) is 15.5 Å². The van der Waals surface area contributed by atoms with Crippen LogP contribution in [0.4, 0.5) is 0 Å². The maximum atomic E-state index is 12.2. The third kappa shape index (κ3) is 4.19. The SMILES string of the molecule is CC(C)n1nnnc1CSCC(=O)N1CCC(C(N)=O)CC1. The van der Waals surface area contributed by atoms with Crippen LogP contribution >= 0.6 is 11.8 Å². The quantitative estimate of drug-likeness (QED) is 0.801. The molecule has 8 nitrogen and oxygen atoms in total. The number of nitrogens with two attached hydrogens (primary N) is 1. The van der Waals surface area contributed by atoms with Crippen molar-refractivity contribution in [1.29, 1.82) is 0 Å². The predicted molar refractivity (Wildman–Crippen MR) is 82.9 cm³/mol. The summed E-state index contributed by atoms with van der Waals surface area (Å²) in [6.45, 7) is 5.24. The lowest BCUT2D eigenvalue weighted by Crippen LogP contribution is -2.42. The number of hydrogen-bond acceptors (Lipinski definition) is 6. The molecule has 1 aromatic rings. The van der Waals surface area contributed by atoms with Crippen molar-refractivity contribution in [3.8, 4) is 0 Å². The Hall–Kier alpha value is -1.64. The van der Waals surface area contributed by atoms with Gasteiger partial charge in [-0.3, -0.25) is 9.59 Å². The third-order valence-electron chi connectivity index (χ3n) is 3.76. The molecule has 2 rings (SSSR count). The number of amides is 2. The van der Waals surface area contributed by atoms with Gasteiger partial charge in [0.1, 0.15) is 0 Å². The molecule has 1 aliphatic rings. The lowest BCUT2D eigenvalue weighted by molar-refractivity contribution is -0.132. The van der Waals surface area contributed by atoms with Crippen LogP contribution in [0.25, 0.3) is 0 Å². The van der Waals surface area contributed by atoms with Gasteiger partial charge in [0, 0.05) is 19.0 Å². The Morgan fingerprint density at radius 2 is 2.05 bits per heavy atom. The Morgan fingerprint density at radius 3 is 2.64 bits per heavy atom. The predicted octanol–water partition coefficient (Wildman–Crippen LogP) is 0.211. The van der Waals surface area contributed by atoms with Crippen LogP contribution in [0, 0.1) is 5.92 Å². The molecule has 1 fully saturated rings. The molecule has 2 amide bonds. The number of rotatable bonds is 6. The number of primary amides is 1. The first-order chi connectivity index (χ1) is 10.5. The number of likely N-dealkylation sites (tertiary alicyclic amines) is 1. The monoisotopic (exact) mass is 326 g/mol. The number of aromatic nitrogens is 4. The molecule has 0 bridgehead atoms. The Morgan fingerprint density at radius 1 is 1.36 bits per heavy atom. The summed E-state index contributed by atoms with van der Waals surface area (Å²) in [6.07, 6.45) is 1.33. The van der Waals surface area contributed by atoms with Gasteiger partial charge in [-0.1, -0.05) is 0 Å². The Balaban J connectivity index is 1.74. The number of hydrogen-bond donors (Lipinski definition) is 1. The molecule has 0 unspecified atom stereocenters. The van der Waals surface area contributed by atoms with Crippen molar-refractivity contribution < 1.29 is 9.59 Å². The van der Waals surface area contributed by atoms with Gasteiger partial charge in [0.15, 0.2) is 5.82 Å². The van der Waals surface area contributed by atoms with Gasteiger partial charge in [0.05, 0.1) is 17.5 Å². The zero-order valence-electron chi connectivity index (χ0n) is 12.9. The van der Waals surface area contributed by atoms with E-state index in [4.69, 9.17) is 5.73 Å². The second-order valence-electron chi connectivity index (χ2n) is 5.68. The molecule has 1 saturated heterocycles. The highest BCUT2D eigenvalue weighted by Gasteiger charge is 2.25. The minimum Gasteiger partial charge on any atom is -0.369 e. The summed E-state index contributed by atoms with van der Waals surface area (Å²) in [6, 6.07) is 0.203. The molecule has 122 valence electrons. The van der Waals surface area contributed by atoms with Crippen LogP contribution in [0.2, 0.25) is 0 Å². The Bertz CT molecular complexity index is 524. The highest BCUT2D eigenvalue weighted by atomic mass is 32.2. The van der Waals surface area contributed by atoms with Gasteiger partial charge in [0.2, 0.25) is 11.8 Å². The van der Waals surface area contributed by atoms with Crippen molar-refractivity contribution in [1.82, 2.24) is 25.1 Å². The zero-order valence-corrected chi connectivity index (χ0v) is 13.8. The summed E-state index contributed by atoms with van der Waals surface area (Å²) >= 11 is 1.51. The number of piperidine rings is 1. The fourth-order valence-corrected chi connectivity index (χ4v) is 3.27. The molecule has 0 spiro atoms. The maximum absolute atomic E-state index is 12.2. The average molecular weight is 326 g/mol. The van der Waals surface area contributed by atoms with E-state index in [0.717, 1.165) is 5.82 Å². The molecule has 0 aliphatic carbocycles. The van der Waals surface area contributed by atoms with Crippen LogP contribution in [0.1, 0.15) is 38.6 Å². The summed E-state index contributed by atoms with van der Waals surface area (Å²) < 4.78 is 1.76. The normalized spacial score (nSPS) is 16.2. The van der Waals surface area contributed by atoms with Gasteiger partial charge in [-0.05, 0) is 37.1 Å². The Kier molecular flexibility index (Phi) is 5.76. The topological polar surface area (TPSA) is 107 Å². The van der Waals surface area contributed by atoms with Crippen molar-refractivity contribution in [3.63, 3.8) is 0 Å². The van der Waals surface area contributed by atoms with Gasteiger partial charge in [-0.15, -0.1) is 16.9 Å². The second-order valence-corrected chi connectivity index (χ2v) is 6.67. The van der Waals surface area contributed by atoms with E-state index in [1.807, 2.05) is 13.8 Å². The van der Waals surface area contributed by atoms with Crippen molar-refractivity contribution in [3.05, 3.63) is 5.82 Å². The molecule has 0 saturated carbocycles. The van der Waals surface area contributed by atoms with Crippen LogP contribution in [-0.2, 0) is 15.3 Å². The summed E-state index contributed by atoms with van der Waals surface area (Å²) in [5.41, 5.74) is 5.29. The summed E-state index contributed by atoms with van der Waals surface area (Å²) in [5.74, 6) is 1.52. The minimum absolute atomic E-state index is 0.0904. The number of tetrazole rings is 1. The van der Waals surface area contributed by atoms with E-state index >= 15 is 0 Å². The fourth-order valence-electron chi connectivity index (χ4n) is 2.44. The number of carbonyl (C=O) groups is 2. The highest BCUT2D eigenvalue weighted by molar-refractivity contribution is 7.99. The molecule has 0 radical (unpaired) electrons. The van der Waals surface area contributed by atoms with Crippen molar-refractivity contribution in [2.45, 2.75) is 38.5 Å². The van der Waals surface area contributed by atoms with Crippen LogP contribution < -0.4 is 5.73 Å². The Labute approximate surface area is 133 Å². The van der Waals surface area contributed by atoms with E-state index in [0.29, 0.717) is 37.4 Å². The second kappa shape index (κ2) is 7.57. The molecule has 9 heteroatoms. The van der Waals surface area contributed by atoms with E-state index in [1.54, 1.807) is 9.58 Å². The summed E-state index contributed by atoms with van der Waals surface area (Å²) in [4.78, 5) is 25.1. The first-order valence-corrected chi connectivity index (χ1v) is 8.56.